The molecule has 0 aliphatic heterocycles. The molecule has 0 unspecified atom stereocenters. The van der Waals surface area contributed by atoms with Crippen LogP contribution in [-0.2, 0) is 11.2 Å². The molecule has 0 bridgehead atoms. The Bertz CT molecular complexity index is 838. The number of hydrogen-bond acceptors (Lipinski definition) is 5. The number of carbonyl (C=O) groups excluding carboxylic acids is 2. The molecular formula is C21H24FNO5. The summed E-state index contributed by atoms with van der Waals surface area (Å²) in [7, 11) is 3.13. The standard InChI is InChI=1S/C21H24FNO5/c1-4-17(24)16-12-15(22)6-8-18(16)28-13-21(25)23-10-9-14-5-7-19(26-2)20(11-14)27-3/h5-8,11-12H,4,9-10,13H2,1-3H3,(H,23,25). The minimum atomic E-state index is -0.525. The Kier molecular flexibility index (Phi) is 7.80. The highest BCUT2D eigenvalue weighted by Gasteiger charge is 2.13. The van der Waals surface area contributed by atoms with Crippen molar-refractivity contribution in [2.75, 3.05) is 27.4 Å². The van der Waals surface area contributed by atoms with E-state index in [1.165, 1.54) is 12.1 Å². The van der Waals surface area contributed by atoms with Gasteiger partial charge in [0.25, 0.3) is 5.91 Å². The largest absolute Gasteiger partial charge is 0.493 e. The predicted molar refractivity (Wildman–Crippen MR) is 103 cm³/mol. The number of nitrogens with one attached hydrogen (secondary N) is 1. The maximum Gasteiger partial charge on any atom is 0.257 e. The summed E-state index contributed by atoms with van der Waals surface area (Å²) in [6.07, 6.45) is 0.819. The zero-order valence-corrected chi connectivity index (χ0v) is 16.2. The zero-order valence-electron chi connectivity index (χ0n) is 16.2. The van der Waals surface area contributed by atoms with Gasteiger partial charge in [-0.1, -0.05) is 13.0 Å². The molecule has 1 amide bonds. The normalized spacial score (nSPS) is 10.3. The first-order chi connectivity index (χ1) is 13.5. The van der Waals surface area contributed by atoms with Crippen molar-refractivity contribution in [3.63, 3.8) is 0 Å². The summed E-state index contributed by atoms with van der Waals surface area (Å²) in [5.41, 5.74) is 1.12. The first-order valence-corrected chi connectivity index (χ1v) is 8.91. The van der Waals surface area contributed by atoms with E-state index >= 15 is 0 Å². The van der Waals surface area contributed by atoms with E-state index in [1.54, 1.807) is 27.2 Å². The molecule has 0 aliphatic carbocycles. The highest BCUT2D eigenvalue weighted by atomic mass is 19.1. The molecule has 0 spiro atoms. The number of Topliss-reactive ketones (excluding diaryl/α,β-unsaturated/α-hetero) is 1. The minimum absolute atomic E-state index is 0.139. The second-order valence-corrected chi connectivity index (χ2v) is 6.00. The fraction of sp³-hybridized carbons (Fsp3) is 0.333. The average Bonchev–Trinajstić information content (AvgIpc) is 2.71. The van der Waals surface area contributed by atoms with E-state index < -0.39 is 5.82 Å². The number of methoxy groups -OCH3 is 2. The molecule has 2 rings (SSSR count). The van der Waals surface area contributed by atoms with Gasteiger partial charge in [-0.25, -0.2) is 4.39 Å². The second-order valence-electron chi connectivity index (χ2n) is 6.00. The third-order valence-electron chi connectivity index (χ3n) is 4.11. The molecule has 0 fully saturated rings. The summed E-state index contributed by atoms with van der Waals surface area (Å²) in [5, 5.41) is 2.75. The van der Waals surface area contributed by atoms with Crippen molar-refractivity contribution in [3.8, 4) is 17.2 Å². The molecule has 1 N–H and O–H groups in total. The molecule has 0 saturated carbocycles. The van der Waals surface area contributed by atoms with Crippen LogP contribution in [0.5, 0.6) is 17.2 Å². The lowest BCUT2D eigenvalue weighted by molar-refractivity contribution is -0.123. The highest BCUT2D eigenvalue weighted by Crippen LogP contribution is 2.27. The molecule has 7 heteroatoms. The van der Waals surface area contributed by atoms with Gasteiger partial charge in [0.1, 0.15) is 11.6 Å². The Hall–Kier alpha value is -3.09. The fourth-order valence-corrected chi connectivity index (χ4v) is 2.61. The number of carbonyl (C=O) groups is 2. The third-order valence-corrected chi connectivity index (χ3v) is 4.11. The quantitative estimate of drug-likeness (QED) is 0.632. The van der Waals surface area contributed by atoms with E-state index in [0.29, 0.717) is 24.5 Å². The lowest BCUT2D eigenvalue weighted by Gasteiger charge is -2.12. The maximum atomic E-state index is 13.4. The van der Waals surface area contributed by atoms with E-state index in [9.17, 15) is 14.0 Å². The molecule has 28 heavy (non-hydrogen) atoms. The molecule has 0 aromatic heterocycles. The molecule has 150 valence electrons. The molecule has 0 saturated heterocycles. The van der Waals surface area contributed by atoms with Crippen LogP contribution in [0.1, 0.15) is 29.3 Å². The topological polar surface area (TPSA) is 73.9 Å². The van der Waals surface area contributed by atoms with Crippen molar-refractivity contribution in [2.45, 2.75) is 19.8 Å². The Labute approximate surface area is 163 Å². The van der Waals surface area contributed by atoms with Gasteiger partial charge >= 0.3 is 0 Å². The van der Waals surface area contributed by atoms with Crippen molar-refractivity contribution in [1.29, 1.82) is 0 Å². The Morgan fingerprint density at radius 2 is 1.71 bits per heavy atom. The Morgan fingerprint density at radius 1 is 1.00 bits per heavy atom. The number of ketones is 1. The molecule has 0 heterocycles. The fourth-order valence-electron chi connectivity index (χ4n) is 2.61. The summed E-state index contributed by atoms with van der Waals surface area (Å²) in [4.78, 5) is 23.9. The molecular weight excluding hydrogens is 365 g/mol. The first kappa shape index (κ1) is 21.2. The second kappa shape index (κ2) is 10.3. The molecule has 0 radical (unpaired) electrons. The average molecular weight is 389 g/mol. The minimum Gasteiger partial charge on any atom is -0.493 e. The van der Waals surface area contributed by atoms with Crippen LogP contribution in [0.4, 0.5) is 4.39 Å². The van der Waals surface area contributed by atoms with Crippen LogP contribution in [-0.4, -0.2) is 39.1 Å². The molecule has 0 aliphatic rings. The monoisotopic (exact) mass is 389 g/mol. The third kappa shape index (κ3) is 5.70. The summed E-state index contributed by atoms with van der Waals surface area (Å²) < 4.78 is 29.2. The van der Waals surface area contributed by atoms with E-state index in [2.05, 4.69) is 5.32 Å². The number of rotatable bonds is 10. The smallest absolute Gasteiger partial charge is 0.257 e. The lowest BCUT2D eigenvalue weighted by Crippen LogP contribution is -2.30. The maximum absolute atomic E-state index is 13.4. The van der Waals surface area contributed by atoms with Crippen LogP contribution in [0.3, 0.4) is 0 Å². The van der Waals surface area contributed by atoms with Crippen LogP contribution >= 0.6 is 0 Å². The zero-order chi connectivity index (χ0) is 20.5. The van der Waals surface area contributed by atoms with Crippen LogP contribution in [0, 0.1) is 5.82 Å². The van der Waals surface area contributed by atoms with Gasteiger partial charge in [0.2, 0.25) is 0 Å². The van der Waals surface area contributed by atoms with Gasteiger partial charge in [-0.3, -0.25) is 9.59 Å². The number of halogens is 1. The molecule has 0 atom stereocenters. The van der Waals surface area contributed by atoms with Gasteiger partial charge in [-0.2, -0.15) is 0 Å². The molecule has 6 nitrogen and oxygen atoms in total. The predicted octanol–water partition coefficient (Wildman–Crippen LogP) is 3.17. The molecule has 2 aromatic carbocycles. The summed E-state index contributed by atoms with van der Waals surface area (Å²) in [6.45, 7) is 1.82. The Morgan fingerprint density at radius 3 is 2.39 bits per heavy atom. The van der Waals surface area contributed by atoms with Crippen LogP contribution in [0.2, 0.25) is 0 Å². The number of hydrogen-bond donors (Lipinski definition) is 1. The summed E-state index contributed by atoms with van der Waals surface area (Å²) >= 11 is 0. The van der Waals surface area contributed by atoms with Crippen LogP contribution in [0.15, 0.2) is 36.4 Å². The van der Waals surface area contributed by atoms with Gasteiger partial charge in [0.15, 0.2) is 23.9 Å². The van der Waals surface area contributed by atoms with Crippen molar-refractivity contribution in [2.24, 2.45) is 0 Å². The summed E-state index contributed by atoms with van der Waals surface area (Å²) in [6, 6.07) is 9.22. The highest BCUT2D eigenvalue weighted by molar-refractivity contribution is 5.98. The van der Waals surface area contributed by atoms with E-state index in [1.807, 2.05) is 12.1 Å². The van der Waals surface area contributed by atoms with Crippen molar-refractivity contribution >= 4 is 11.7 Å². The van der Waals surface area contributed by atoms with Crippen molar-refractivity contribution < 1.29 is 28.2 Å². The summed E-state index contributed by atoms with van der Waals surface area (Å²) in [5.74, 6) is 0.356. The van der Waals surface area contributed by atoms with Crippen molar-refractivity contribution in [3.05, 3.63) is 53.3 Å². The van der Waals surface area contributed by atoms with Crippen LogP contribution < -0.4 is 19.5 Å². The Balaban J connectivity index is 1.86. The lowest BCUT2D eigenvalue weighted by atomic mass is 10.1. The van der Waals surface area contributed by atoms with E-state index in [4.69, 9.17) is 14.2 Å². The van der Waals surface area contributed by atoms with Gasteiger partial charge in [0.05, 0.1) is 19.8 Å². The van der Waals surface area contributed by atoms with E-state index in [0.717, 1.165) is 11.6 Å². The van der Waals surface area contributed by atoms with Gasteiger partial charge in [0, 0.05) is 13.0 Å². The number of amides is 1. The van der Waals surface area contributed by atoms with Gasteiger partial charge in [-0.15, -0.1) is 0 Å². The van der Waals surface area contributed by atoms with Crippen molar-refractivity contribution in [1.82, 2.24) is 5.32 Å². The first-order valence-electron chi connectivity index (χ1n) is 8.91. The number of ether oxygens (including phenoxy) is 3. The van der Waals surface area contributed by atoms with Gasteiger partial charge in [-0.05, 0) is 42.3 Å². The molecule has 2 aromatic rings. The number of benzene rings is 2. The SMILES string of the molecule is CCC(=O)c1cc(F)ccc1OCC(=O)NCCc1ccc(OC)c(OC)c1. The van der Waals surface area contributed by atoms with Crippen LogP contribution in [0.25, 0.3) is 0 Å². The van der Waals surface area contributed by atoms with E-state index in [-0.39, 0.29) is 36.0 Å². The van der Waals surface area contributed by atoms with Gasteiger partial charge < -0.3 is 19.5 Å².